The number of rotatable bonds is 8. The molecule has 8 unspecified atom stereocenters. The normalized spacial score (nSPS) is 36.7. The van der Waals surface area contributed by atoms with Gasteiger partial charge in [0.2, 0.25) is 11.0 Å². The lowest BCUT2D eigenvalue weighted by Gasteiger charge is -2.61. The van der Waals surface area contributed by atoms with Crippen LogP contribution in [0.3, 0.4) is 0 Å². The van der Waals surface area contributed by atoms with Gasteiger partial charge in [-0.1, -0.05) is 32.4 Å². The second kappa shape index (κ2) is 11.9. The molecule has 5 N–H and O–H groups in total. The van der Waals surface area contributed by atoms with Gasteiger partial charge in [-0.15, -0.1) is 12.6 Å². The Morgan fingerprint density at radius 3 is 2.64 bits per heavy atom. The van der Waals surface area contributed by atoms with Crippen molar-refractivity contribution in [1.29, 1.82) is 5.41 Å². The Morgan fingerprint density at radius 2 is 1.98 bits per heavy atom. The van der Waals surface area contributed by atoms with Gasteiger partial charge in [0.25, 0.3) is 5.91 Å². The minimum absolute atomic E-state index is 0.0759. The van der Waals surface area contributed by atoms with Gasteiger partial charge in [-0.25, -0.2) is 0 Å². The van der Waals surface area contributed by atoms with E-state index < -0.39 is 45.4 Å². The van der Waals surface area contributed by atoms with Gasteiger partial charge >= 0.3 is 5.97 Å². The summed E-state index contributed by atoms with van der Waals surface area (Å²) in [5.41, 5.74) is 5.47. The van der Waals surface area contributed by atoms with E-state index in [9.17, 15) is 24.3 Å². The third kappa shape index (κ3) is 5.21. The minimum atomic E-state index is -1.36. The number of nitrogens with two attached hydrogens (primary N) is 1. The Bertz CT molecular complexity index is 1460. The fraction of sp³-hybridized carbons (Fsp3) is 0.576. The van der Waals surface area contributed by atoms with Gasteiger partial charge < -0.3 is 26.3 Å². The van der Waals surface area contributed by atoms with Crippen molar-refractivity contribution in [3.8, 4) is 0 Å². The summed E-state index contributed by atoms with van der Waals surface area (Å²) in [6.45, 7) is 5.61. The van der Waals surface area contributed by atoms with Crippen LogP contribution >= 0.6 is 12.6 Å². The topological polar surface area (TPSA) is 172 Å². The molecule has 4 aliphatic rings. The van der Waals surface area contributed by atoms with Crippen molar-refractivity contribution in [2.45, 2.75) is 77.4 Å². The van der Waals surface area contributed by atoms with Crippen molar-refractivity contribution >= 4 is 53.1 Å². The van der Waals surface area contributed by atoms with Crippen LogP contribution < -0.4 is 11.1 Å². The number of hydrogen-bond donors (Lipinski definition) is 5. The van der Waals surface area contributed by atoms with E-state index in [-0.39, 0.29) is 36.6 Å². The molecule has 4 aliphatic carbocycles. The van der Waals surface area contributed by atoms with Gasteiger partial charge in [-0.2, -0.15) is 0 Å². The molecule has 1 aromatic carbocycles. The first-order valence-corrected chi connectivity index (χ1v) is 15.8. The average Bonchev–Trinajstić information content (AvgIpc) is 3.27. The molecule has 0 bridgehead atoms. The predicted molar refractivity (Wildman–Crippen MR) is 169 cm³/mol. The molecule has 5 rings (SSSR count). The zero-order chi connectivity index (χ0) is 32.0. The molecule has 8 atom stereocenters. The van der Waals surface area contributed by atoms with E-state index >= 15 is 0 Å². The molecule has 0 aromatic heterocycles. The Hall–Kier alpha value is -3.31. The summed E-state index contributed by atoms with van der Waals surface area (Å²) in [7, 11) is 0. The predicted octanol–water partition coefficient (Wildman–Crippen LogP) is 3.93. The number of aliphatic hydroxyl groups excluding tert-OH is 1. The second-order valence-corrected chi connectivity index (χ2v) is 13.7. The number of thiol groups is 1. The Balaban J connectivity index is 1.46. The first-order chi connectivity index (χ1) is 20.8. The maximum atomic E-state index is 13.0. The van der Waals surface area contributed by atoms with E-state index in [0.717, 1.165) is 18.6 Å². The number of amides is 2. The Morgan fingerprint density at radius 1 is 1.23 bits per heavy atom. The number of allylic oxidation sites excluding steroid dienone is 2. The van der Waals surface area contributed by atoms with Gasteiger partial charge in [-0.05, 0) is 86.0 Å². The largest absolute Gasteiger partial charge is 0.449 e. The number of nitrogens with zero attached hydrogens (tertiary/aromatic N) is 1. The number of ether oxygens (including phenoxy) is 1. The number of primary amides is 1. The molecule has 11 heteroatoms. The Kier molecular flexibility index (Phi) is 8.67. The van der Waals surface area contributed by atoms with Gasteiger partial charge in [-0.3, -0.25) is 24.2 Å². The molecule has 0 saturated heterocycles. The SMILES string of the molecule is CCC(=O)OC1(C(=O)S)CCC2C3CCC4=CC(=Nc5cccc(C(=O)NCC(N)=O)c5)C(C=N)CC4(C)C3C(O)CC21C. The smallest absolute Gasteiger partial charge is 0.306 e. The van der Waals surface area contributed by atoms with Crippen molar-refractivity contribution in [1.82, 2.24) is 5.32 Å². The van der Waals surface area contributed by atoms with Crippen LogP contribution in [0, 0.1) is 39.9 Å². The first kappa shape index (κ1) is 32.1. The molecule has 2 amide bonds. The highest BCUT2D eigenvalue weighted by atomic mass is 32.1. The number of benzene rings is 1. The lowest BCUT2D eigenvalue weighted by molar-refractivity contribution is -0.196. The van der Waals surface area contributed by atoms with E-state index in [1.165, 1.54) is 11.8 Å². The highest BCUT2D eigenvalue weighted by molar-refractivity contribution is 7.96. The van der Waals surface area contributed by atoms with Crippen molar-refractivity contribution in [2.75, 3.05) is 6.54 Å². The standard InChI is InChI=1S/C33H42N4O6S/c1-4-27(40)43-33(30(42)44)11-10-23-22-9-8-20-13-24(37-21-7-5-6-18(12-21)29(41)36-17-26(35)39)19(16-34)14-31(20,2)28(22)25(38)15-32(23,33)3/h5-7,12-13,16,19,22-23,25,28,34,38H,4,8-11,14-15,17H2,1-3H3,(H2,35,39)(H,36,41)(H,42,44). The molecule has 0 spiro atoms. The molecule has 3 fully saturated rings. The van der Waals surface area contributed by atoms with Crippen LogP contribution in [0.1, 0.15) is 76.1 Å². The summed E-state index contributed by atoms with van der Waals surface area (Å²) in [5.74, 6) is -1.70. The van der Waals surface area contributed by atoms with Crippen LogP contribution in [-0.4, -0.2) is 58.2 Å². The van der Waals surface area contributed by atoms with Crippen molar-refractivity contribution < 1.29 is 29.0 Å². The maximum Gasteiger partial charge on any atom is 0.306 e. The average molecular weight is 623 g/mol. The van der Waals surface area contributed by atoms with Crippen LogP contribution in [0.4, 0.5) is 5.69 Å². The third-order valence-corrected chi connectivity index (χ3v) is 11.4. The number of hydrogen-bond acceptors (Lipinski definition) is 8. The highest BCUT2D eigenvalue weighted by Crippen LogP contribution is 2.68. The summed E-state index contributed by atoms with van der Waals surface area (Å²) in [4.78, 5) is 53.9. The molecular weight excluding hydrogens is 580 g/mol. The lowest BCUT2D eigenvalue weighted by atomic mass is 9.45. The van der Waals surface area contributed by atoms with Crippen LogP contribution in [0.2, 0.25) is 0 Å². The molecule has 3 saturated carbocycles. The summed E-state index contributed by atoms with van der Waals surface area (Å²) >= 11 is 4.23. The van der Waals surface area contributed by atoms with Crippen LogP contribution in [0.25, 0.3) is 0 Å². The monoisotopic (exact) mass is 622 g/mol. The van der Waals surface area contributed by atoms with Crippen molar-refractivity contribution in [3.63, 3.8) is 0 Å². The summed E-state index contributed by atoms with van der Waals surface area (Å²) in [6, 6.07) is 6.77. The highest BCUT2D eigenvalue weighted by Gasteiger charge is 2.70. The first-order valence-electron chi connectivity index (χ1n) is 15.4. The Labute approximate surface area is 263 Å². The van der Waals surface area contributed by atoms with Crippen LogP contribution in [-0.2, 0) is 19.1 Å². The fourth-order valence-electron chi connectivity index (χ4n) is 9.04. The van der Waals surface area contributed by atoms with Gasteiger partial charge in [0.05, 0.1) is 18.3 Å². The number of carbonyl (C=O) groups is 4. The third-order valence-electron chi connectivity index (χ3n) is 11.0. The minimum Gasteiger partial charge on any atom is -0.449 e. The van der Waals surface area contributed by atoms with E-state index in [2.05, 4.69) is 30.9 Å². The van der Waals surface area contributed by atoms with Gasteiger partial charge in [0, 0.05) is 35.2 Å². The second-order valence-electron chi connectivity index (χ2n) is 13.3. The summed E-state index contributed by atoms with van der Waals surface area (Å²) in [5, 5.41) is 22.2. The summed E-state index contributed by atoms with van der Waals surface area (Å²) < 4.78 is 5.92. The molecular formula is C33H42N4O6S. The van der Waals surface area contributed by atoms with Crippen molar-refractivity contribution in [2.24, 2.45) is 45.2 Å². The number of aliphatic hydroxyl groups is 1. The number of aliphatic imine (C=N–C) groups is 1. The molecule has 0 radical (unpaired) electrons. The molecule has 1 aromatic rings. The van der Waals surface area contributed by atoms with Crippen molar-refractivity contribution in [3.05, 3.63) is 41.5 Å². The number of nitrogens with one attached hydrogen (secondary N) is 2. The van der Waals surface area contributed by atoms with Crippen LogP contribution in [0.15, 0.2) is 40.9 Å². The van der Waals surface area contributed by atoms with Gasteiger partial charge in [0.15, 0.2) is 5.60 Å². The number of esters is 1. The fourth-order valence-corrected chi connectivity index (χ4v) is 9.45. The van der Waals surface area contributed by atoms with E-state index in [1.54, 1.807) is 31.2 Å². The quantitative estimate of drug-likeness (QED) is 0.167. The molecule has 0 heterocycles. The lowest BCUT2D eigenvalue weighted by Crippen LogP contribution is -2.62. The zero-order valence-corrected chi connectivity index (χ0v) is 26.4. The molecule has 0 aliphatic heterocycles. The van der Waals surface area contributed by atoms with E-state index in [0.29, 0.717) is 36.9 Å². The molecule has 236 valence electrons. The number of fused-ring (bicyclic) bond motifs is 5. The number of carbonyl (C=O) groups excluding carboxylic acids is 4. The molecule has 10 nitrogen and oxygen atoms in total. The van der Waals surface area contributed by atoms with E-state index in [4.69, 9.17) is 20.9 Å². The van der Waals surface area contributed by atoms with Gasteiger partial charge in [0.1, 0.15) is 0 Å². The van der Waals surface area contributed by atoms with E-state index in [1.807, 2.05) is 6.92 Å². The zero-order valence-electron chi connectivity index (χ0n) is 25.5. The summed E-state index contributed by atoms with van der Waals surface area (Å²) in [6.07, 6.45) is 6.53. The maximum absolute atomic E-state index is 13.0. The van der Waals surface area contributed by atoms with Crippen LogP contribution in [0.5, 0.6) is 0 Å². The molecule has 44 heavy (non-hydrogen) atoms.